The van der Waals surface area contributed by atoms with Crippen LogP contribution >= 0.6 is 11.6 Å². The van der Waals surface area contributed by atoms with Crippen LogP contribution in [0.25, 0.3) is 0 Å². The zero-order valence-electron chi connectivity index (χ0n) is 14.9. The summed E-state index contributed by atoms with van der Waals surface area (Å²) in [4.78, 5) is 11.4. The molecule has 0 fully saturated rings. The molecular weight excluding hydrogens is 322 g/mol. The van der Waals surface area contributed by atoms with Crippen molar-refractivity contribution >= 4 is 17.5 Å². The SMILES string of the molecule is CCCCCCCCCCCCC(Oc1ccccc1Cl)C([NH])=O. The van der Waals surface area contributed by atoms with E-state index in [2.05, 4.69) is 6.92 Å². The Balaban J connectivity index is 2.14. The number of carbonyl (C=O) groups is 1. The third kappa shape index (κ3) is 9.17. The number of ether oxygens (including phenoxy) is 1. The van der Waals surface area contributed by atoms with E-state index in [9.17, 15) is 4.79 Å². The molecule has 0 saturated carbocycles. The van der Waals surface area contributed by atoms with E-state index < -0.39 is 12.0 Å². The largest absolute Gasteiger partial charge is 0.479 e. The minimum absolute atomic E-state index is 0.479. The van der Waals surface area contributed by atoms with Crippen molar-refractivity contribution in [3.63, 3.8) is 0 Å². The molecule has 4 heteroatoms. The van der Waals surface area contributed by atoms with Gasteiger partial charge >= 0.3 is 0 Å². The van der Waals surface area contributed by atoms with Gasteiger partial charge in [-0.25, -0.2) is 0 Å². The molecule has 1 rings (SSSR count). The zero-order valence-corrected chi connectivity index (χ0v) is 15.6. The Morgan fingerprint density at radius 3 is 2.08 bits per heavy atom. The number of nitrogens with one attached hydrogen (secondary N) is 1. The van der Waals surface area contributed by atoms with Gasteiger partial charge < -0.3 is 4.74 Å². The molecule has 0 aliphatic rings. The molecule has 0 saturated heterocycles. The minimum Gasteiger partial charge on any atom is -0.479 e. The lowest BCUT2D eigenvalue weighted by Gasteiger charge is -2.16. The predicted octanol–water partition coefficient (Wildman–Crippen LogP) is 6.21. The van der Waals surface area contributed by atoms with Crippen molar-refractivity contribution < 1.29 is 9.53 Å². The first kappa shape index (κ1) is 20.8. The average Bonchev–Trinajstić information content (AvgIpc) is 2.57. The number of hydrogen-bond acceptors (Lipinski definition) is 2. The highest BCUT2D eigenvalue weighted by molar-refractivity contribution is 6.32. The molecule has 135 valence electrons. The third-order valence-corrected chi connectivity index (χ3v) is 4.53. The molecule has 1 radical (unpaired) electrons. The van der Waals surface area contributed by atoms with Gasteiger partial charge in [-0.15, -0.1) is 0 Å². The molecule has 1 aromatic rings. The van der Waals surface area contributed by atoms with Crippen LogP contribution in [-0.4, -0.2) is 12.0 Å². The van der Waals surface area contributed by atoms with E-state index in [4.69, 9.17) is 22.1 Å². The summed E-state index contributed by atoms with van der Waals surface area (Å²) in [6.45, 7) is 2.24. The van der Waals surface area contributed by atoms with Crippen molar-refractivity contribution in [3.8, 4) is 5.75 Å². The van der Waals surface area contributed by atoms with E-state index in [-0.39, 0.29) is 0 Å². The molecule has 0 spiro atoms. The number of carbonyl (C=O) groups excluding carboxylic acids is 1. The Bertz CT molecular complexity index is 465. The Morgan fingerprint density at radius 2 is 1.54 bits per heavy atom. The Labute approximate surface area is 151 Å². The smallest absolute Gasteiger partial charge is 0.279 e. The number of hydrogen-bond donors (Lipinski definition) is 0. The number of unbranched alkanes of at least 4 members (excludes halogenated alkanes) is 9. The summed E-state index contributed by atoms with van der Waals surface area (Å²) in [5.74, 6) is -0.192. The Morgan fingerprint density at radius 1 is 1.00 bits per heavy atom. The number of amides is 1. The number of benzene rings is 1. The number of halogens is 1. The van der Waals surface area contributed by atoms with Crippen LogP contribution in [0.4, 0.5) is 0 Å². The van der Waals surface area contributed by atoms with Gasteiger partial charge in [0.1, 0.15) is 5.75 Å². The predicted molar refractivity (Wildman–Crippen MR) is 100 cm³/mol. The molecule has 1 atom stereocenters. The summed E-state index contributed by atoms with van der Waals surface area (Å²) >= 11 is 6.04. The number of para-hydroxylation sites is 1. The molecule has 1 aromatic carbocycles. The Hall–Kier alpha value is -1.22. The molecule has 1 amide bonds. The summed E-state index contributed by atoms with van der Waals surface area (Å²) in [6.07, 6.45) is 12.3. The molecule has 0 aliphatic heterocycles. The lowest BCUT2D eigenvalue weighted by molar-refractivity contribution is -0.125. The molecular formula is C20H31ClNO2. The van der Waals surface area contributed by atoms with Crippen molar-refractivity contribution in [2.45, 2.75) is 83.7 Å². The Kier molecular flexibility index (Phi) is 11.4. The van der Waals surface area contributed by atoms with Gasteiger partial charge in [0.15, 0.2) is 6.10 Å². The summed E-state index contributed by atoms with van der Waals surface area (Å²) in [5.41, 5.74) is 7.37. The summed E-state index contributed by atoms with van der Waals surface area (Å²) in [5, 5.41) is 0.479. The molecule has 3 nitrogen and oxygen atoms in total. The second-order valence-electron chi connectivity index (χ2n) is 6.37. The first-order valence-corrected chi connectivity index (χ1v) is 9.69. The molecule has 0 heterocycles. The fourth-order valence-corrected chi connectivity index (χ4v) is 2.93. The van der Waals surface area contributed by atoms with Gasteiger partial charge in [-0.05, 0) is 25.0 Å². The van der Waals surface area contributed by atoms with Gasteiger partial charge in [-0.2, -0.15) is 0 Å². The van der Waals surface area contributed by atoms with Crippen molar-refractivity contribution in [1.82, 2.24) is 5.73 Å². The first-order chi connectivity index (χ1) is 11.6. The maximum Gasteiger partial charge on any atom is 0.279 e. The van der Waals surface area contributed by atoms with Gasteiger partial charge in [0.25, 0.3) is 5.91 Å². The fourth-order valence-electron chi connectivity index (χ4n) is 2.75. The number of rotatable bonds is 14. The van der Waals surface area contributed by atoms with Crippen LogP contribution in [0.15, 0.2) is 24.3 Å². The van der Waals surface area contributed by atoms with Gasteiger partial charge in [0.05, 0.1) is 5.02 Å². The van der Waals surface area contributed by atoms with Gasteiger partial charge in [0, 0.05) is 0 Å². The minimum atomic E-state index is -0.709. The van der Waals surface area contributed by atoms with E-state index in [1.54, 1.807) is 12.1 Å². The topological polar surface area (TPSA) is 50.1 Å². The highest BCUT2D eigenvalue weighted by Crippen LogP contribution is 2.25. The van der Waals surface area contributed by atoms with Crippen LogP contribution < -0.4 is 10.5 Å². The maximum absolute atomic E-state index is 11.4. The normalized spacial score (nSPS) is 12.1. The van der Waals surface area contributed by atoms with Gasteiger partial charge in [0.2, 0.25) is 0 Å². The lowest BCUT2D eigenvalue weighted by atomic mass is 10.0. The highest BCUT2D eigenvalue weighted by Gasteiger charge is 2.18. The van der Waals surface area contributed by atoms with E-state index in [1.165, 1.54) is 51.4 Å². The van der Waals surface area contributed by atoms with E-state index in [0.717, 1.165) is 12.8 Å². The van der Waals surface area contributed by atoms with Crippen LogP contribution in [0, 0.1) is 0 Å². The van der Waals surface area contributed by atoms with Crippen LogP contribution in [0.5, 0.6) is 5.75 Å². The fraction of sp³-hybridized carbons (Fsp3) is 0.650. The van der Waals surface area contributed by atoms with Gasteiger partial charge in [-0.1, -0.05) is 88.4 Å². The van der Waals surface area contributed by atoms with Crippen LogP contribution in [-0.2, 0) is 4.79 Å². The van der Waals surface area contributed by atoms with E-state index in [1.807, 2.05) is 12.1 Å². The second-order valence-corrected chi connectivity index (χ2v) is 6.78. The molecule has 0 aliphatic carbocycles. The standard InChI is InChI=1S/C20H31ClNO2/c1-2-3-4-5-6-7-8-9-10-11-16-19(20(22)23)24-18-15-13-12-14-17(18)21/h12-15,19,22H,2-11,16H2,1H3. The second kappa shape index (κ2) is 13.1. The quantitative estimate of drug-likeness (QED) is 0.374. The van der Waals surface area contributed by atoms with E-state index in [0.29, 0.717) is 17.2 Å². The molecule has 0 aromatic heterocycles. The molecule has 1 unspecified atom stereocenters. The monoisotopic (exact) mass is 352 g/mol. The molecule has 1 N–H and O–H groups in total. The molecule has 24 heavy (non-hydrogen) atoms. The third-order valence-electron chi connectivity index (χ3n) is 4.22. The van der Waals surface area contributed by atoms with Crippen LogP contribution in [0.2, 0.25) is 5.02 Å². The summed E-state index contributed by atoms with van der Waals surface area (Å²) in [7, 11) is 0. The van der Waals surface area contributed by atoms with Crippen molar-refractivity contribution in [3.05, 3.63) is 29.3 Å². The van der Waals surface area contributed by atoms with Crippen molar-refractivity contribution in [1.29, 1.82) is 0 Å². The van der Waals surface area contributed by atoms with Crippen LogP contribution in [0.1, 0.15) is 77.6 Å². The lowest BCUT2D eigenvalue weighted by Crippen LogP contribution is -2.28. The summed E-state index contributed by atoms with van der Waals surface area (Å²) in [6, 6.07) is 7.09. The van der Waals surface area contributed by atoms with Gasteiger partial charge in [-0.3, -0.25) is 10.5 Å². The maximum atomic E-state index is 11.4. The highest BCUT2D eigenvalue weighted by atomic mass is 35.5. The van der Waals surface area contributed by atoms with E-state index >= 15 is 0 Å². The van der Waals surface area contributed by atoms with Crippen molar-refractivity contribution in [2.24, 2.45) is 0 Å². The molecule has 0 bridgehead atoms. The average molecular weight is 353 g/mol. The summed E-state index contributed by atoms with van der Waals surface area (Å²) < 4.78 is 5.62. The van der Waals surface area contributed by atoms with Crippen LogP contribution in [0.3, 0.4) is 0 Å². The zero-order chi connectivity index (χ0) is 17.6. The first-order valence-electron chi connectivity index (χ1n) is 9.31. The van der Waals surface area contributed by atoms with Crippen molar-refractivity contribution in [2.75, 3.05) is 0 Å².